The number of hydrogen-bond acceptors (Lipinski definition) is 3. The van der Waals surface area contributed by atoms with Gasteiger partial charge in [0.15, 0.2) is 0 Å². The van der Waals surface area contributed by atoms with Crippen LogP contribution in [0.5, 0.6) is 5.75 Å². The van der Waals surface area contributed by atoms with Crippen LogP contribution in [-0.4, -0.2) is 27.6 Å². The molecule has 2 heterocycles. The van der Waals surface area contributed by atoms with E-state index in [9.17, 15) is 5.11 Å². The van der Waals surface area contributed by atoms with Gasteiger partial charge in [-0.05, 0) is 51.3 Å². The fraction of sp³-hybridized carbons (Fsp3) is 0.643. The number of likely N-dealkylation sites (tertiary alicyclic amines) is 1. The highest BCUT2D eigenvalue weighted by Crippen LogP contribution is 2.25. The van der Waals surface area contributed by atoms with Crippen molar-refractivity contribution >= 4 is 0 Å². The molecule has 3 heteroatoms. The number of rotatable bonds is 2. The van der Waals surface area contributed by atoms with Crippen molar-refractivity contribution in [2.75, 3.05) is 6.54 Å². The smallest absolute Gasteiger partial charge is 0.138 e. The van der Waals surface area contributed by atoms with Crippen LogP contribution in [-0.2, 0) is 6.54 Å². The number of aryl methyl sites for hydroxylation is 1. The molecular formula is C14H22N2O. The molecule has 1 saturated heterocycles. The average molecular weight is 234 g/mol. The molecular weight excluding hydrogens is 212 g/mol. The van der Waals surface area contributed by atoms with Crippen molar-refractivity contribution in [1.29, 1.82) is 0 Å². The lowest BCUT2D eigenvalue weighted by atomic mass is 9.93. The van der Waals surface area contributed by atoms with E-state index < -0.39 is 0 Å². The summed E-state index contributed by atoms with van der Waals surface area (Å²) in [5.74, 6) is 1.14. The molecule has 3 nitrogen and oxygen atoms in total. The van der Waals surface area contributed by atoms with Crippen molar-refractivity contribution in [2.24, 2.45) is 5.92 Å². The standard InChI is InChI=1S/C14H22N2O/c1-10-6-7-16(12(3)8-10)9-13-14(17)5-4-11(2)15-13/h4-5,10,12,17H,6-9H2,1-3H3. The maximum absolute atomic E-state index is 9.81. The maximum Gasteiger partial charge on any atom is 0.138 e. The van der Waals surface area contributed by atoms with E-state index in [0.29, 0.717) is 11.8 Å². The third-order valence-corrected chi connectivity index (χ3v) is 3.72. The number of pyridine rings is 1. The quantitative estimate of drug-likeness (QED) is 0.854. The second-order valence-corrected chi connectivity index (χ2v) is 5.37. The first-order chi connectivity index (χ1) is 8.06. The van der Waals surface area contributed by atoms with Crippen LogP contribution in [0.2, 0.25) is 0 Å². The third kappa shape index (κ3) is 2.97. The lowest BCUT2D eigenvalue weighted by Gasteiger charge is -2.36. The monoisotopic (exact) mass is 234 g/mol. The van der Waals surface area contributed by atoms with E-state index in [-0.39, 0.29) is 0 Å². The van der Waals surface area contributed by atoms with Crippen LogP contribution < -0.4 is 0 Å². The Kier molecular flexibility index (Phi) is 3.67. The normalized spacial score (nSPS) is 26.1. The maximum atomic E-state index is 9.81. The van der Waals surface area contributed by atoms with Crippen LogP contribution in [0.25, 0.3) is 0 Å². The van der Waals surface area contributed by atoms with Gasteiger partial charge >= 0.3 is 0 Å². The molecule has 1 aromatic rings. The van der Waals surface area contributed by atoms with Crippen LogP contribution in [0.1, 0.15) is 38.1 Å². The summed E-state index contributed by atoms with van der Waals surface area (Å²) in [6.45, 7) is 8.42. The minimum Gasteiger partial charge on any atom is -0.506 e. The Labute approximate surface area is 103 Å². The molecule has 1 aliphatic heterocycles. The zero-order chi connectivity index (χ0) is 12.4. The Balaban J connectivity index is 2.07. The molecule has 0 bridgehead atoms. The Bertz CT molecular complexity index is 392. The first kappa shape index (κ1) is 12.4. The van der Waals surface area contributed by atoms with Gasteiger partial charge in [0.25, 0.3) is 0 Å². The number of piperidine rings is 1. The van der Waals surface area contributed by atoms with Gasteiger partial charge in [-0.2, -0.15) is 0 Å². The molecule has 0 radical (unpaired) electrons. The lowest BCUT2D eigenvalue weighted by molar-refractivity contribution is 0.119. The highest BCUT2D eigenvalue weighted by molar-refractivity contribution is 5.27. The molecule has 1 aliphatic rings. The fourth-order valence-electron chi connectivity index (χ4n) is 2.60. The van der Waals surface area contributed by atoms with Crippen molar-refractivity contribution < 1.29 is 5.11 Å². The molecule has 2 atom stereocenters. The number of aromatic hydroxyl groups is 1. The Hall–Kier alpha value is -1.09. The third-order valence-electron chi connectivity index (χ3n) is 3.72. The molecule has 0 amide bonds. The second kappa shape index (κ2) is 5.05. The Morgan fingerprint density at radius 1 is 1.41 bits per heavy atom. The van der Waals surface area contributed by atoms with E-state index in [2.05, 4.69) is 23.7 Å². The minimum atomic E-state index is 0.321. The van der Waals surface area contributed by atoms with Gasteiger partial charge in [0.05, 0.1) is 5.69 Å². The summed E-state index contributed by atoms with van der Waals surface area (Å²) in [5, 5.41) is 9.81. The molecule has 2 unspecified atom stereocenters. The van der Waals surface area contributed by atoms with E-state index in [1.54, 1.807) is 6.07 Å². The van der Waals surface area contributed by atoms with Crippen LogP contribution >= 0.6 is 0 Å². The number of hydrogen-bond donors (Lipinski definition) is 1. The largest absolute Gasteiger partial charge is 0.506 e. The number of nitrogens with zero attached hydrogens (tertiary/aromatic N) is 2. The summed E-state index contributed by atoms with van der Waals surface area (Å²) in [6.07, 6.45) is 2.49. The molecule has 0 spiro atoms. The van der Waals surface area contributed by atoms with Crippen molar-refractivity contribution in [3.8, 4) is 5.75 Å². The van der Waals surface area contributed by atoms with Gasteiger partial charge in [-0.25, -0.2) is 0 Å². The predicted octanol–water partition coefficient (Wildman–Crippen LogP) is 2.72. The summed E-state index contributed by atoms with van der Waals surface area (Å²) in [4.78, 5) is 6.85. The van der Waals surface area contributed by atoms with E-state index in [1.165, 1.54) is 12.8 Å². The highest BCUT2D eigenvalue weighted by Gasteiger charge is 2.23. The van der Waals surface area contributed by atoms with Gasteiger partial charge in [-0.15, -0.1) is 0 Å². The zero-order valence-electron chi connectivity index (χ0n) is 11.0. The van der Waals surface area contributed by atoms with Gasteiger partial charge < -0.3 is 5.11 Å². The summed E-state index contributed by atoms with van der Waals surface area (Å²) in [6, 6.07) is 4.18. The summed E-state index contributed by atoms with van der Waals surface area (Å²) < 4.78 is 0. The minimum absolute atomic E-state index is 0.321. The summed E-state index contributed by atoms with van der Waals surface area (Å²) >= 11 is 0. The molecule has 1 aromatic heterocycles. The lowest BCUT2D eigenvalue weighted by Crippen LogP contribution is -2.39. The van der Waals surface area contributed by atoms with Crippen molar-refractivity contribution in [3.05, 3.63) is 23.5 Å². The topological polar surface area (TPSA) is 36.4 Å². The van der Waals surface area contributed by atoms with Gasteiger partial charge in [0.1, 0.15) is 5.75 Å². The van der Waals surface area contributed by atoms with Crippen molar-refractivity contribution in [2.45, 2.75) is 46.2 Å². The molecule has 1 fully saturated rings. The molecule has 94 valence electrons. The average Bonchev–Trinajstić information content (AvgIpc) is 2.27. The van der Waals surface area contributed by atoms with Crippen LogP contribution in [0.3, 0.4) is 0 Å². The molecule has 1 N–H and O–H groups in total. The van der Waals surface area contributed by atoms with Gasteiger partial charge in [0, 0.05) is 18.3 Å². The van der Waals surface area contributed by atoms with Gasteiger partial charge in [-0.3, -0.25) is 9.88 Å². The first-order valence-electron chi connectivity index (χ1n) is 6.46. The molecule has 0 aliphatic carbocycles. The van der Waals surface area contributed by atoms with Gasteiger partial charge in [-0.1, -0.05) is 6.92 Å². The Morgan fingerprint density at radius 3 is 2.88 bits per heavy atom. The summed E-state index contributed by atoms with van der Waals surface area (Å²) in [7, 11) is 0. The van der Waals surface area contributed by atoms with Crippen LogP contribution in [0, 0.1) is 12.8 Å². The van der Waals surface area contributed by atoms with Crippen LogP contribution in [0.15, 0.2) is 12.1 Å². The van der Waals surface area contributed by atoms with E-state index in [4.69, 9.17) is 0 Å². The molecule has 0 saturated carbocycles. The first-order valence-corrected chi connectivity index (χ1v) is 6.46. The second-order valence-electron chi connectivity index (χ2n) is 5.37. The summed E-state index contributed by atoms with van der Waals surface area (Å²) in [5.41, 5.74) is 1.78. The predicted molar refractivity (Wildman–Crippen MR) is 68.9 cm³/mol. The van der Waals surface area contributed by atoms with E-state index in [0.717, 1.165) is 30.4 Å². The van der Waals surface area contributed by atoms with Crippen molar-refractivity contribution in [1.82, 2.24) is 9.88 Å². The van der Waals surface area contributed by atoms with E-state index >= 15 is 0 Å². The zero-order valence-corrected chi connectivity index (χ0v) is 11.0. The fourth-order valence-corrected chi connectivity index (χ4v) is 2.60. The van der Waals surface area contributed by atoms with Crippen LogP contribution in [0.4, 0.5) is 0 Å². The SMILES string of the molecule is Cc1ccc(O)c(CN2CCC(C)CC2C)n1. The van der Waals surface area contributed by atoms with E-state index in [1.807, 2.05) is 13.0 Å². The molecule has 2 rings (SSSR count). The Morgan fingerprint density at radius 2 is 2.18 bits per heavy atom. The number of aromatic nitrogens is 1. The highest BCUT2D eigenvalue weighted by atomic mass is 16.3. The van der Waals surface area contributed by atoms with Gasteiger partial charge in [0.2, 0.25) is 0 Å². The van der Waals surface area contributed by atoms with Crippen molar-refractivity contribution in [3.63, 3.8) is 0 Å². The molecule has 0 aromatic carbocycles. The molecule has 17 heavy (non-hydrogen) atoms.